The number of aliphatic carboxylic acids is 1. The van der Waals surface area contributed by atoms with Crippen molar-refractivity contribution in [2.75, 3.05) is 0 Å². The second-order valence-electron chi connectivity index (χ2n) is 6.78. The van der Waals surface area contributed by atoms with E-state index in [2.05, 4.69) is 10.6 Å². The van der Waals surface area contributed by atoms with Crippen LogP contribution in [0.1, 0.15) is 38.7 Å². The Morgan fingerprint density at radius 3 is 2.32 bits per heavy atom. The number of rotatable bonds is 12. The van der Waals surface area contributed by atoms with Gasteiger partial charge >= 0.3 is 5.97 Å². The smallest absolute Gasteiger partial charge is 0.303 e. The topological polar surface area (TPSA) is 139 Å². The minimum Gasteiger partial charge on any atom is -0.481 e. The number of hydrogen-bond donors (Lipinski definition) is 4. The molecule has 8 heteroatoms. The molecule has 0 aliphatic rings. The van der Waals surface area contributed by atoms with E-state index in [4.69, 9.17) is 10.8 Å². The fraction of sp³-hybridized carbons (Fsp3) is 0.500. The summed E-state index contributed by atoms with van der Waals surface area (Å²) in [6, 6.07) is 6.30. The molecular formula is C20H28N3O5. The number of carboxylic acids is 1. The van der Waals surface area contributed by atoms with Gasteiger partial charge in [-0.3, -0.25) is 19.2 Å². The minimum atomic E-state index is -1.06. The fourth-order valence-electron chi connectivity index (χ4n) is 2.53. The summed E-state index contributed by atoms with van der Waals surface area (Å²) in [6.07, 6.45) is 2.41. The zero-order chi connectivity index (χ0) is 21.1. The highest BCUT2D eigenvalue weighted by molar-refractivity contribution is 5.91. The van der Waals surface area contributed by atoms with E-state index in [1.807, 2.05) is 50.5 Å². The Morgan fingerprint density at radius 1 is 1.14 bits per heavy atom. The van der Waals surface area contributed by atoms with Crippen molar-refractivity contribution in [3.05, 3.63) is 35.9 Å². The molecule has 0 spiro atoms. The maximum atomic E-state index is 12.7. The molecule has 0 aliphatic heterocycles. The molecule has 0 unspecified atom stereocenters. The molecule has 0 bridgehead atoms. The van der Waals surface area contributed by atoms with Crippen molar-refractivity contribution in [3.63, 3.8) is 0 Å². The first-order valence-corrected chi connectivity index (χ1v) is 9.28. The molecule has 1 aromatic rings. The first-order valence-electron chi connectivity index (χ1n) is 9.28. The summed E-state index contributed by atoms with van der Waals surface area (Å²) in [5.41, 5.74) is 6.55. The normalized spacial score (nSPS) is 15.0. The van der Waals surface area contributed by atoms with Crippen LogP contribution in [0.5, 0.6) is 0 Å². The number of nitrogens with one attached hydrogen (secondary N) is 2. The molecule has 0 saturated heterocycles. The zero-order valence-corrected chi connectivity index (χ0v) is 16.2. The van der Waals surface area contributed by atoms with Gasteiger partial charge in [0.2, 0.25) is 18.1 Å². The lowest BCUT2D eigenvalue weighted by molar-refractivity contribution is -0.137. The van der Waals surface area contributed by atoms with Crippen LogP contribution in [0.3, 0.4) is 0 Å². The van der Waals surface area contributed by atoms with Gasteiger partial charge in [0.05, 0.1) is 12.1 Å². The number of hydrogen-bond acceptors (Lipinski definition) is 5. The van der Waals surface area contributed by atoms with Crippen LogP contribution in [-0.2, 0) is 25.6 Å². The Kier molecular flexibility index (Phi) is 9.87. The second-order valence-corrected chi connectivity index (χ2v) is 6.78. The van der Waals surface area contributed by atoms with Gasteiger partial charge in [0.25, 0.3) is 0 Å². The highest BCUT2D eigenvalue weighted by atomic mass is 16.4. The zero-order valence-electron chi connectivity index (χ0n) is 16.2. The van der Waals surface area contributed by atoms with Crippen molar-refractivity contribution in [2.45, 2.75) is 57.7 Å². The van der Waals surface area contributed by atoms with E-state index in [1.54, 1.807) is 0 Å². The van der Waals surface area contributed by atoms with Crippen molar-refractivity contribution in [3.8, 4) is 0 Å². The summed E-state index contributed by atoms with van der Waals surface area (Å²) in [5.74, 6) is -2.30. The summed E-state index contributed by atoms with van der Waals surface area (Å²) >= 11 is 0. The lowest BCUT2D eigenvalue weighted by Crippen LogP contribution is -2.55. The number of carbonyl (C=O) groups is 3. The van der Waals surface area contributed by atoms with Gasteiger partial charge in [-0.15, -0.1) is 0 Å². The monoisotopic (exact) mass is 390 g/mol. The van der Waals surface area contributed by atoms with Crippen molar-refractivity contribution in [2.24, 2.45) is 11.7 Å². The van der Waals surface area contributed by atoms with Crippen molar-refractivity contribution < 1.29 is 24.3 Å². The van der Waals surface area contributed by atoms with Crippen LogP contribution in [0, 0.1) is 5.92 Å². The van der Waals surface area contributed by atoms with Gasteiger partial charge in [-0.05, 0) is 17.9 Å². The molecule has 1 rings (SSSR count). The van der Waals surface area contributed by atoms with Crippen LogP contribution >= 0.6 is 0 Å². The quantitative estimate of drug-likeness (QED) is 0.411. The van der Waals surface area contributed by atoms with Crippen LogP contribution in [-0.4, -0.2) is 47.3 Å². The second kappa shape index (κ2) is 11.9. The molecule has 28 heavy (non-hydrogen) atoms. The van der Waals surface area contributed by atoms with Crippen LogP contribution in [0.2, 0.25) is 0 Å². The Balaban J connectivity index is 2.88. The fourth-order valence-corrected chi connectivity index (χ4v) is 2.53. The molecule has 1 aromatic carbocycles. The maximum absolute atomic E-state index is 12.7. The third kappa shape index (κ3) is 7.87. The number of amides is 2. The van der Waals surface area contributed by atoms with E-state index in [1.165, 1.54) is 0 Å². The van der Waals surface area contributed by atoms with Gasteiger partial charge in [-0.25, -0.2) is 0 Å². The summed E-state index contributed by atoms with van der Waals surface area (Å²) in [5, 5.41) is 13.9. The predicted molar refractivity (Wildman–Crippen MR) is 104 cm³/mol. The van der Waals surface area contributed by atoms with Crippen LogP contribution in [0.25, 0.3) is 0 Å². The Bertz CT molecular complexity index is 665. The number of carboxylic acid groups (broad SMARTS) is 1. The van der Waals surface area contributed by atoms with E-state index in [0.29, 0.717) is 6.42 Å². The third-order valence-electron chi connectivity index (χ3n) is 4.56. The van der Waals surface area contributed by atoms with Crippen molar-refractivity contribution in [1.29, 1.82) is 0 Å². The number of benzene rings is 1. The summed E-state index contributed by atoms with van der Waals surface area (Å²) in [7, 11) is 0. The Morgan fingerprint density at radius 2 is 1.79 bits per heavy atom. The highest BCUT2D eigenvalue weighted by Crippen LogP contribution is 2.08. The van der Waals surface area contributed by atoms with E-state index < -0.39 is 35.9 Å². The van der Waals surface area contributed by atoms with E-state index in [-0.39, 0.29) is 25.2 Å². The number of carbonyl (C=O) groups excluding carboxylic acids is 3. The van der Waals surface area contributed by atoms with Gasteiger partial charge in [-0.2, -0.15) is 0 Å². The van der Waals surface area contributed by atoms with Gasteiger partial charge in [0.1, 0.15) is 6.04 Å². The van der Waals surface area contributed by atoms with Crippen molar-refractivity contribution in [1.82, 2.24) is 10.6 Å². The summed E-state index contributed by atoms with van der Waals surface area (Å²) < 4.78 is 0. The molecule has 1 radical (unpaired) electrons. The van der Waals surface area contributed by atoms with Gasteiger partial charge < -0.3 is 21.5 Å². The molecule has 0 heterocycles. The molecule has 4 atom stereocenters. The van der Waals surface area contributed by atoms with E-state index in [9.17, 15) is 19.2 Å². The van der Waals surface area contributed by atoms with E-state index in [0.717, 1.165) is 5.56 Å². The molecule has 0 saturated carbocycles. The van der Waals surface area contributed by atoms with Gasteiger partial charge in [0.15, 0.2) is 0 Å². The lowest BCUT2D eigenvalue weighted by Gasteiger charge is -2.24. The highest BCUT2D eigenvalue weighted by Gasteiger charge is 2.27. The Hall–Kier alpha value is -2.74. The summed E-state index contributed by atoms with van der Waals surface area (Å²) in [6.45, 7) is 3.72. The van der Waals surface area contributed by atoms with Crippen LogP contribution in [0.4, 0.5) is 0 Å². The first kappa shape index (κ1) is 23.3. The molecule has 0 aromatic heterocycles. The predicted octanol–water partition coefficient (Wildman–Crippen LogP) is 0.547. The molecule has 153 valence electrons. The molecule has 8 nitrogen and oxygen atoms in total. The van der Waals surface area contributed by atoms with Gasteiger partial charge in [-0.1, -0.05) is 50.6 Å². The minimum absolute atomic E-state index is 0.0432. The summed E-state index contributed by atoms with van der Waals surface area (Å²) in [4.78, 5) is 46.9. The average Bonchev–Trinajstić information content (AvgIpc) is 2.69. The SMILES string of the molecule is CC[C@H](C)[C@@H]([C]=O)NC(=O)[C@H](Cc1ccccc1)NC(=O)[C@@H](N)CCC(=O)O. The molecular weight excluding hydrogens is 362 g/mol. The lowest BCUT2D eigenvalue weighted by atomic mass is 9.99. The van der Waals surface area contributed by atoms with Gasteiger partial charge in [0, 0.05) is 12.8 Å². The van der Waals surface area contributed by atoms with Crippen molar-refractivity contribution >= 4 is 24.1 Å². The molecule has 0 fully saturated rings. The van der Waals surface area contributed by atoms with Crippen LogP contribution < -0.4 is 16.4 Å². The Labute approximate surface area is 164 Å². The third-order valence-corrected chi connectivity index (χ3v) is 4.56. The standard InChI is InChI=1S/C20H28N3O5/c1-3-13(2)17(12-24)23-20(28)16(11-14-7-5-4-6-8-14)22-19(27)15(21)9-10-18(25)26/h4-8,13,15-17H,3,9-11,21H2,1-2H3,(H,22,27)(H,23,28)(H,25,26)/t13-,15-,16-,17+/m0/s1. The largest absolute Gasteiger partial charge is 0.481 e. The molecule has 2 amide bonds. The maximum Gasteiger partial charge on any atom is 0.303 e. The molecule has 0 aliphatic carbocycles. The van der Waals surface area contributed by atoms with Crippen LogP contribution in [0.15, 0.2) is 30.3 Å². The molecule has 5 N–H and O–H groups in total. The van der Waals surface area contributed by atoms with E-state index >= 15 is 0 Å². The number of nitrogens with two attached hydrogens (primary N) is 1. The first-order chi connectivity index (χ1) is 13.3. The average molecular weight is 390 g/mol.